The van der Waals surface area contributed by atoms with Gasteiger partial charge in [-0.05, 0) is 43.1 Å². The summed E-state index contributed by atoms with van der Waals surface area (Å²) in [5.41, 5.74) is 7.24. The summed E-state index contributed by atoms with van der Waals surface area (Å²) in [5, 5.41) is 1.01. The normalized spacial score (nSPS) is 12.6. The molecule has 2 N–H and O–H groups in total. The molecular formula is C15H18N2O. The van der Waals surface area contributed by atoms with E-state index in [4.69, 9.17) is 5.73 Å². The lowest BCUT2D eigenvalue weighted by Gasteiger charge is -2.07. The second-order valence-corrected chi connectivity index (χ2v) is 4.71. The average Bonchev–Trinajstić information content (AvgIpc) is 2.43. The topological polar surface area (TPSA) is 56.0 Å². The minimum Gasteiger partial charge on any atom is -0.330 e. The van der Waals surface area contributed by atoms with E-state index in [0.717, 1.165) is 22.9 Å². The third-order valence-electron chi connectivity index (χ3n) is 3.19. The van der Waals surface area contributed by atoms with Crippen LogP contribution in [-0.2, 0) is 0 Å². The van der Waals surface area contributed by atoms with Gasteiger partial charge in [0, 0.05) is 23.6 Å². The fraction of sp³-hybridized carbons (Fsp3) is 0.333. The van der Waals surface area contributed by atoms with E-state index in [-0.39, 0.29) is 5.78 Å². The summed E-state index contributed by atoms with van der Waals surface area (Å²) in [7, 11) is 0. The molecule has 3 heteroatoms. The van der Waals surface area contributed by atoms with Crippen LogP contribution >= 0.6 is 0 Å². The molecule has 0 bridgehead atoms. The van der Waals surface area contributed by atoms with Crippen LogP contribution in [0.15, 0.2) is 36.5 Å². The predicted molar refractivity (Wildman–Crippen MR) is 73.5 cm³/mol. The highest BCUT2D eigenvalue weighted by molar-refractivity contribution is 5.99. The van der Waals surface area contributed by atoms with Crippen LogP contribution in [0.5, 0.6) is 0 Å². The van der Waals surface area contributed by atoms with Crippen LogP contribution in [0, 0.1) is 5.92 Å². The van der Waals surface area contributed by atoms with Gasteiger partial charge in [-0.3, -0.25) is 9.78 Å². The highest BCUT2D eigenvalue weighted by Crippen LogP contribution is 2.16. The van der Waals surface area contributed by atoms with Crippen LogP contribution in [-0.4, -0.2) is 17.3 Å². The number of aromatic nitrogens is 1. The number of rotatable bonds is 5. The molecule has 1 atom stereocenters. The van der Waals surface area contributed by atoms with Gasteiger partial charge in [-0.25, -0.2) is 0 Å². The lowest BCUT2D eigenvalue weighted by molar-refractivity contribution is 0.0975. The first-order valence-electron chi connectivity index (χ1n) is 6.28. The number of benzene rings is 1. The lowest BCUT2D eigenvalue weighted by Crippen LogP contribution is -2.12. The molecule has 0 saturated carbocycles. The van der Waals surface area contributed by atoms with Crippen molar-refractivity contribution in [1.82, 2.24) is 4.98 Å². The molecule has 1 aromatic heterocycles. The first-order valence-corrected chi connectivity index (χ1v) is 6.28. The first kappa shape index (κ1) is 12.7. The van der Waals surface area contributed by atoms with Crippen LogP contribution in [0.3, 0.4) is 0 Å². The predicted octanol–water partition coefficient (Wildman–Crippen LogP) is 2.79. The van der Waals surface area contributed by atoms with Crippen LogP contribution in [0.1, 0.15) is 30.1 Å². The highest BCUT2D eigenvalue weighted by Gasteiger charge is 2.09. The quantitative estimate of drug-likeness (QED) is 0.820. The highest BCUT2D eigenvalue weighted by atomic mass is 16.1. The first-order chi connectivity index (χ1) is 8.70. The number of ketones is 1. The maximum Gasteiger partial charge on any atom is 0.162 e. The Hall–Kier alpha value is -1.74. The molecule has 0 spiro atoms. The number of nitrogens with zero attached hydrogens (tertiary/aromatic N) is 1. The van der Waals surface area contributed by atoms with E-state index in [2.05, 4.69) is 11.9 Å². The number of hydrogen-bond acceptors (Lipinski definition) is 3. The molecule has 94 valence electrons. The van der Waals surface area contributed by atoms with Crippen molar-refractivity contribution >= 4 is 16.7 Å². The molecule has 0 saturated heterocycles. The van der Waals surface area contributed by atoms with E-state index in [0.29, 0.717) is 18.9 Å². The van der Waals surface area contributed by atoms with Gasteiger partial charge in [0.2, 0.25) is 0 Å². The summed E-state index contributed by atoms with van der Waals surface area (Å²) in [5.74, 6) is 0.581. The summed E-state index contributed by atoms with van der Waals surface area (Å²) in [6.07, 6.45) is 3.16. The van der Waals surface area contributed by atoms with Crippen LogP contribution in [0.25, 0.3) is 10.9 Å². The van der Waals surface area contributed by atoms with E-state index in [1.54, 1.807) is 6.20 Å². The van der Waals surface area contributed by atoms with Crippen molar-refractivity contribution in [1.29, 1.82) is 0 Å². The Bertz CT molecular complexity index is 551. The summed E-state index contributed by atoms with van der Waals surface area (Å²) in [6, 6.07) is 9.52. The molecule has 0 amide bonds. The van der Waals surface area contributed by atoms with Gasteiger partial charge in [0.25, 0.3) is 0 Å². The molecular weight excluding hydrogens is 224 g/mol. The Labute approximate surface area is 107 Å². The van der Waals surface area contributed by atoms with E-state index in [1.807, 2.05) is 30.3 Å². The number of fused-ring (bicyclic) bond motifs is 1. The van der Waals surface area contributed by atoms with Gasteiger partial charge in [0.1, 0.15) is 0 Å². The second-order valence-electron chi connectivity index (χ2n) is 4.71. The van der Waals surface area contributed by atoms with Crippen LogP contribution < -0.4 is 5.73 Å². The molecule has 18 heavy (non-hydrogen) atoms. The third kappa shape index (κ3) is 2.93. The van der Waals surface area contributed by atoms with Crippen LogP contribution in [0.4, 0.5) is 0 Å². The van der Waals surface area contributed by atoms with Gasteiger partial charge in [0.05, 0.1) is 5.52 Å². The van der Waals surface area contributed by atoms with Gasteiger partial charge in [-0.15, -0.1) is 0 Å². The zero-order valence-electron chi connectivity index (χ0n) is 10.6. The van der Waals surface area contributed by atoms with Gasteiger partial charge < -0.3 is 5.73 Å². The fourth-order valence-electron chi connectivity index (χ4n) is 1.89. The Kier molecular flexibility index (Phi) is 4.05. The van der Waals surface area contributed by atoms with Gasteiger partial charge in [-0.2, -0.15) is 0 Å². The Morgan fingerprint density at radius 2 is 2.22 bits per heavy atom. The van der Waals surface area contributed by atoms with Crippen molar-refractivity contribution in [3.63, 3.8) is 0 Å². The van der Waals surface area contributed by atoms with Crippen molar-refractivity contribution in [2.24, 2.45) is 11.7 Å². The summed E-state index contributed by atoms with van der Waals surface area (Å²) in [4.78, 5) is 16.3. The van der Waals surface area contributed by atoms with Gasteiger partial charge in [0.15, 0.2) is 5.78 Å². The molecule has 0 aliphatic carbocycles. The molecule has 1 heterocycles. The van der Waals surface area contributed by atoms with Crippen molar-refractivity contribution in [2.45, 2.75) is 19.8 Å². The molecule has 0 fully saturated rings. The van der Waals surface area contributed by atoms with Crippen molar-refractivity contribution in [2.75, 3.05) is 6.54 Å². The monoisotopic (exact) mass is 242 g/mol. The van der Waals surface area contributed by atoms with E-state index in [9.17, 15) is 4.79 Å². The van der Waals surface area contributed by atoms with E-state index >= 15 is 0 Å². The minimum atomic E-state index is 0.182. The van der Waals surface area contributed by atoms with Gasteiger partial charge in [-0.1, -0.05) is 13.0 Å². The van der Waals surface area contributed by atoms with E-state index < -0.39 is 0 Å². The number of Topliss-reactive ketones (excluding diaryl/α,β-unsaturated/α-hetero) is 1. The summed E-state index contributed by atoms with van der Waals surface area (Å²) < 4.78 is 0. The number of carbonyl (C=O) groups is 1. The summed E-state index contributed by atoms with van der Waals surface area (Å²) in [6.45, 7) is 2.70. The molecule has 1 unspecified atom stereocenters. The van der Waals surface area contributed by atoms with Crippen molar-refractivity contribution < 1.29 is 4.79 Å². The molecule has 0 aliphatic rings. The van der Waals surface area contributed by atoms with E-state index in [1.165, 1.54) is 0 Å². The third-order valence-corrected chi connectivity index (χ3v) is 3.19. The number of carbonyl (C=O) groups excluding carboxylic acids is 1. The smallest absolute Gasteiger partial charge is 0.162 e. The van der Waals surface area contributed by atoms with Gasteiger partial charge >= 0.3 is 0 Å². The molecule has 3 nitrogen and oxygen atoms in total. The largest absolute Gasteiger partial charge is 0.330 e. The minimum absolute atomic E-state index is 0.182. The SMILES string of the molecule is CC(CN)CCC(=O)c1ccc2ncccc2c1. The Balaban J connectivity index is 2.13. The maximum absolute atomic E-state index is 12.0. The second kappa shape index (κ2) is 5.74. The molecule has 0 aliphatic heterocycles. The number of nitrogens with two attached hydrogens (primary N) is 1. The number of pyridine rings is 1. The molecule has 2 rings (SSSR count). The average molecular weight is 242 g/mol. The lowest BCUT2D eigenvalue weighted by atomic mass is 9.99. The zero-order valence-corrected chi connectivity index (χ0v) is 10.6. The standard InChI is InChI=1S/C15H18N2O/c1-11(10-16)4-7-15(18)13-5-6-14-12(9-13)3-2-8-17-14/h2-3,5-6,8-9,11H,4,7,10,16H2,1H3. The molecule has 1 aromatic carbocycles. The van der Waals surface area contributed by atoms with Crippen molar-refractivity contribution in [3.8, 4) is 0 Å². The fourth-order valence-corrected chi connectivity index (χ4v) is 1.89. The Morgan fingerprint density at radius 3 is 3.00 bits per heavy atom. The molecule has 0 radical (unpaired) electrons. The molecule has 2 aromatic rings. The van der Waals surface area contributed by atoms with Crippen LogP contribution in [0.2, 0.25) is 0 Å². The maximum atomic E-state index is 12.0. The number of hydrogen-bond donors (Lipinski definition) is 1. The summed E-state index contributed by atoms with van der Waals surface area (Å²) >= 11 is 0. The Morgan fingerprint density at radius 1 is 1.39 bits per heavy atom. The van der Waals surface area contributed by atoms with Crippen molar-refractivity contribution in [3.05, 3.63) is 42.1 Å². The zero-order chi connectivity index (χ0) is 13.0.